The van der Waals surface area contributed by atoms with E-state index in [1.165, 1.54) is 5.56 Å². The molecule has 94 valence electrons. The van der Waals surface area contributed by atoms with Crippen molar-refractivity contribution in [1.29, 1.82) is 0 Å². The SMILES string of the molecule is CCNC(c1ccoc1)C1Cc2ccccc2O1. The number of fused-ring (bicyclic) bond motifs is 1. The Labute approximate surface area is 107 Å². The van der Waals surface area contributed by atoms with Crippen LogP contribution in [0.5, 0.6) is 5.75 Å². The van der Waals surface area contributed by atoms with Crippen molar-refractivity contribution in [2.24, 2.45) is 0 Å². The average molecular weight is 243 g/mol. The molecule has 0 saturated heterocycles. The monoisotopic (exact) mass is 243 g/mol. The van der Waals surface area contributed by atoms with Gasteiger partial charge in [-0.2, -0.15) is 0 Å². The van der Waals surface area contributed by atoms with E-state index in [-0.39, 0.29) is 12.1 Å². The van der Waals surface area contributed by atoms with E-state index in [0.717, 1.165) is 24.3 Å². The lowest BCUT2D eigenvalue weighted by Crippen LogP contribution is -2.34. The number of likely N-dealkylation sites (N-methyl/N-ethyl adjacent to an activating group) is 1. The quantitative estimate of drug-likeness (QED) is 0.896. The third-order valence-electron chi connectivity index (χ3n) is 3.37. The molecule has 0 amide bonds. The van der Waals surface area contributed by atoms with Gasteiger partial charge in [0.15, 0.2) is 0 Å². The Bertz CT molecular complexity index is 482. The summed E-state index contributed by atoms with van der Waals surface area (Å²) in [7, 11) is 0. The van der Waals surface area contributed by atoms with Gasteiger partial charge < -0.3 is 14.5 Å². The lowest BCUT2D eigenvalue weighted by atomic mass is 10.00. The first-order chi connectivity index (χ1) is 8.88. The van der Waals surface area contributed by atoms with Crippen molar-refractivity contribution in [3.63, 3.8) is 0 Å². The normalized spacial score (nSPS) is 19.3. The number of hydrogen-bond donors (Lipinski definition) is 1. The molecule has 3 nitrogen and oxygen atoms in total. The summed E-state index contributed by atoms with van der Waals surface area (Å²) in [6, 6.07) is 10.4. The molecule has 0 radical (unpaired) electrons. The first kappa shape index (κ1) is 11.4. The number of rotatable bonds is 4. The van der Waals surface area contributed by atoms with Crippen LogP contribution in [-0.4, -0.2) is 12.6 Å². The Hall–Kier alpha value is -1.74. The van der Waals surface area contributed by atoms with Gasteiger partial charge in [0, 0.05) is 12.0 Å². The number of furan rings is 1. The molecule has 0 fully saturated rings. The molecule has 3 heteroatoms. The van der Waals surface area contributed by atoms with Crippen molar-refractivity contribution >= 4 is 0 Å². The molecule has 0 saturated carbocycles. The predicted octanol–water partition coefficient (Wildman–Crippen LogP) is 2.93. The van der Waals surface area contributed by atoms with E-state index in [4.69, 9.17) is 9.15 Å². The van der Waals surface area contributed by atoms with Crippen molar-refractivity contribution < 1.29 is 9.15 Å². The Kier molecular flexibility index (Phi) is 3.07. The second-order valence-electron chi connectivity index (χ2n) is 4.56. The van der Waals surface area contributed by atoms with Crippen LogP contribution in [0.1, 0.15) is 24.1 Å². The van der Waals surface area contributed by atoms with Crippen LogP contribution in [0, 0.1) is 0 Å². The van der Waals surface area contributed by atoms with Crippen LogP contribution in [0.25, 0.3) is 0 Å². The number of hydrogen-bond acceptors (Lipinski definition) is 3. The summed E-state index contributed by atoms with van der Waals surface area (Å²) in [4.78, 5) is 0. The first-order valence-corrected chi connectivity index (χ1v) is 6.38. The molecule has 0 aliphatic carbocycles. The lowest BCUT2D eigenvalue weighted by Gasteiger charge is -2.22. The minimum atomic E-state index is 0.139. The minimum Gasteiger partial charge on any atom is -0.488 e. The van der Waals surface area contributed by atoms with E-state index < -0.39 is 0 Å². The zero-order valence-electron chi connectivity index (χ0n) is 10.4. The number of para-hydroxylation sites is 1. The van der Waals surface area contributed by atoms with Gasteiger partial charge in [-0.05, 0) is 24.2 Å². The second kappa shape index (κ2) is 4.86. The van der Waals surface area contributed by atoms with Crippen LogP contribution < -0.4 is 10.1 Å². The van der Waals surface area contributed by atoms with Gasteiger partial charge in [-0.1, -0.05) is 25.1 Å². The molecule has 1 aromatic carbocycles. The molecule has 0 bridgehead atoms. The average Bonchev–Trinajstić information content (AvgIpc) is 3.04. The van der Waals surface area contributed by atoms with Crippen LogP contribution in [0.3, 0.4) is 0 Å². The van der Waals surface area contributed by atoms with Gasteiger partial charge in [0.2, 0.25) is 0 Å². The van der Waals surface area contributed by atoms with Crippen LogP contribution in [0.2, 0.25) is 0 Å². The number of ether oxygens (including phenoxy) is 1. The van der Waals surface area contributed by atoms with Gasteiger partial charge in [-0.15, -0.1) is 0 Å². The van der Waals surface area contributed by atoms with Crippen LogP contribution in [0.15, 0.2) is 47.3 Å². The van der Waals surface area contributed by atoms with Crippen LogP contribution in [-0.2, 0) is 6.42 Å². The summed E-state index contributed by atoms with van der Waals surface area (Å²) in [6.45, 7) is 3.02. The highest BCUT2D eigenvalue weighted by Crippen LogP contribution is 2.34. The maximum atomic E-state index is 6.04. The molecule has 2 atom stereocenters. The largest absolute Gasteiger partial charge is 0.488 e. The van der Waals surface area contributed by atoms with Crippen LogP contribution in [0.4, 0.5) is 0 Å². The van der Waals surface area contributed by atoms with Crippen molar-refractivity contribution in [3.8, 4) is 5.75 Å². The minimum absolute atomic E-state index is 0.139. The van der Waals surface area contributed by atoms with E-state index >= 15 is 0 Å². The molecular weight excluding hydrogens is 226 g/mol. The number of benzene rings is 1. The van der Waals surface area contributed by atoms with E-state index in [0.29, 0.717) is 0 Å². The molecule has 2 aromatic rings. The maximum absolute atomic E-state index is 6.04. The molecule has 1 aromatic heterocycles. The molecule has 2 heterocycles. The summed E-state index contributed by atoms with van der Waals surface area (Å²) >= 11 is 0. The fourth-order valence-corrected chi connectivity index (χ4v) is 2.53. The highest BCUT2D eigenvalue weighted by Gasteiger charge is 2.31. The van der Waals surface area contributed by atoms with E-state index in [2.05, 4.69) is 24.4 Å². The Morgan fingerprint density at radius 2 is 2.22 bits per heavy atom. The zero-order chi connectivity index (χ0) is 12.4. The van der Waals surface area contributed by atoms with Gasteiger partial charge in [0.05, 0.1) is 18.6 Å². The fraction of sp³-hybridized carbons (Fsp3) is 0.333. The summed E-state index contributed by atoms with van der Waals surface area (Å²) < 4.78 is 11.2. The first-order valence-electron chi connectivity index (χ1n) is 6.38. The molecule has 0 spiro atoms. The maximum Gasteiger partial charge on any atom is 0.123 e. The van der Waals surface area contributed by atoms with Crippen molar-refractivity contribution in [3.05, 3.63) is 54.0 Å². The lowest BCUT2D eigenvalue weighted by molar-refractivity contribution is 0.179. The summed E-state index contributed by atoms with van der Waals surface area (Å²) in [6.07, 6.45) is 4.58. The van der Waals surface area contributed by atoms with Crippen molar-refractivity contribution in [1.82, 2.24) is 5.32 Å². The summed E-state index contributed by atoms with van der Waals surface area (Å²) in [5.41, 5.74) is 2.43. The van der Waals surface area contributed by atoms with Crippen LogP contribution >= 0.6 is 0 Å². The summed E-state index contributed by atoms with van der Waals surface area (Å²) in [5.74, 6) is 1.01. The molecule has 18 heavy (non-hydrogen) atoms. The molecular formula is C15H17NO2. The fourth-order valence-electron chi connectivity index (χ4n) is 2.53. The van der Waals surface area contributed by atoms with E-state index in [9.17, 15) is 0 Å². The standard InChI is InChI=1S/C15H17NO2/c1-2-16-15(12-7-8-17-10-12)14-9-11-5-3-4-6-13(11)18-14/h3-8,10,14-16H,2,9H2,1H3. The molecule has 1 N–H and O–H groups in total. The smallest absolute Gasteiger partial charge is 0.123 e. The zero-order valence-corrected chi connectivity index (χ0v) is 10.4. The Morgan fingerprint density at radius 3 is 2.94 bits per heavy atom. The second-order valence-corrected chi connectivity index (χ2v) is 4.56. The predicted molar refractivity (Wildman–Crippen MR) is 69.7 cm³/mol. The third-order valence-corrected chi connectivity index (χ3v) is 3.37. The molecule has 1 aliphatic rings. The van der Waals surface area contributed by atoms with Crippen molar-refractivity contribution in [2.75, 3.05) is 6.54 Å². The molecule has 2 unspecified atom stereocenters. The van der Waals surface area contributed by atoms with E-state index in [1.54, 1.807) is 12.5 Å². The Balaban J connectivity index is 1.82. The summed E-state index contributed by atoms with van der Waals surface area (Å²) in [5, 5.41) is 3.48. The molecule has 3 rings (SSSR count). The van der Waals surface area contributed by atoms with Gasteiger partial charge in [-0.25, -0.2) is 0 Å². The van der Waals surface area contributed by atoms with E-state index in [1.807, 2.05) is 18.2 Å². The Morgan fingerprint density at radius 1 is 1.33 bits per heavy atom. The highest BCUT2D eigenvalue weighted by atomic mass is 16.5. The topological polar surface area (TPSA) is 34.4 Å². The van der Waals surface area contributed by atoms with Gasteiger partial charge in [0.25, 0.3) is 0 Å². The number of nitrogens with one attached hydrogen (secondary N) is 1. The van der Waals surface area contributed by atoms with Gasteiger partial charge in [-0.3, -0.25) is 0 Å². The highest BCUT2D eigenvalue weighted by molar-refractivity contribution is 5.38. The van der Waals surface area contributed by atoms with Gasteiger partial charge in [0.1, 0.15) is 11.9 Å². The third kappa shape index (κ3) is 2.02. The van der Waals surface area contributed by atoms with Crippen molar-refractivity contribution in [2.45, 2.75) is 25.5 Å². The molecule has 1 aliphatic heterocycles. The van der Waals surface area contributed by atoms with Gasteiger partial charge >= 0.3 is 0 Å².